The highest BCUT2D eigenvalue weighted by Crippen LogP contribution is 2.33. The van der Waals surface area contributed by atoms with Crippen LogP contribution in [0.1, 0.15) is 37.8 Å². The monoisotopic (exact) mass is 479 g/mol. The summed E-state index contributed by atoms with van der Waals surface area (Å²) in [6.07, 6.45) is 1.71. The van der Waals surface area contributed by atoms with Crippen LogP contribution in [0.15, 0.2) is 66.7 Å². The number of hydrogen-bond donors (Lipinski definition) is 1. The third-order valence-electron chi connectivity index (χ3n) is 5.71. The normalized spacial score (nSPS) is 17.3. The Morgan fingerprint density at radius 1 is 0.912 bits per heavy atom. The molecule has 0 saturated carbocycles. The highest BCUT2D eigenvalue weighted by atomic mass is 35.5. The molecule has 6 nitrogen and oxygen atoms in total. The first-order valence-corrected chi connectivity index (χ1v) is 11.7. The molecule has 1 atom stereocenters. The summed E-state index contributed by atoms with van der Waals surface area (Å²) in [6, 6.07) is 20.4. The summed E-state index contributed by atoms with van der Waals surface area (Å²) in [4.78, 5) is 23.9. The summed E-state index contributed by atoms with van der Waals surface area (Å²) in [6.45, 7) is 3.93. The Labute approximate surface area is 203 Å². The van der Waals surface area contributed by atoms with Crippen LogP contribution < -0.4 is 14.8 Å². The van der Waals surface area contributed by atoms with E-state index in [9.17, 15) is 9.59 Å². The van der Waals surface area contributed by atoms with Gasteiger partial charge >= 0.3 is 6.09 Å². The van der Waals surface area contributed by atoms with Gasteiger partial charge in [-0.3, -0.25) is 10.1 Å². The molecule has 0 aromatic heterocycles. The highest BCUT2D eigenvalue weighted by Gasteiger charge is 2.47. The molecule has 7 heteroatoms. The smallest absolute Gasteiger partial charge is 0.415 e. The Balaban J connectivity index is 1.53. The van der Waals surface area contributed by atoms with Gasteiger partial charge in [0.1, 0.15) is 23.0 Å². The maximum absolute atomic E-state index is 12.3. The van der Waals surface area contributed by atoms with E-state index in [4.69, 9.17) is 25.8 Å². The predicted octanol–water partition coefficient (Wildman–Crippen LogP) is 6.83. The number of hydrogen-bond acceptors (Lipinski definition) is 5. The number of rotatable bonds is 9. The van der Waals surface area contributed by atoms with E-state index in [1.165, 1.54) is 0 Å². The number of halogens is 1. The number of aryl methyl sites for hydroxylation is 1. The van der Waals surface area contributed by atoms with E-state index in [1.54, 1.807) is 12.1 Å². The first-order valence-electron chi connectivity index (χ1n) is 11.3. The topological polar surface area (TPSA) is 73.9 Å². The molecular weight excluding hydrogens is 454 g/mol. The molecule has 3 aromatic rings. The number of ether oxygens (including phenoxy) is 3. The average molecular weight is 480 g/mol. The van der Waals surface area contributed by atoms with Gasteiger partial charge in [0.25, 0.3) is 5.91 Å². The Bertz CT molecular complexity index is 1190. The molecule has 1 aliphatic rings. The Morgan fingerprint density at radius 2 is 1.65 bits per heavy atom. The lowest BCUT2D eigenvalue weighted by atomic mass is 9.91. The number of carbonyl (C=O) groups is 2. The fraction of sp³-hybridized carbons (Fsp3) is 0.259. The molecule has 34 heavy (non-hydrogen) atoms. The average Bonchev–Trinajstić information content (AvgIpc) is 3.10. The molecule has 0 radical (unpaired) electrons. The van der Waals surface area contributed by atoms with Crippen LogP contribution in [0.2, 0.25) is 5.02 Å². The second kappa shape index (κ2) is 10.2. The van der Waals surface area contributed by atoms with Crippen LogP contribution in [-0.2, 0) is 22.4 Å². The molecule has 4 rings (SSSR count). The third kappa shape index (κ3) is 5.34. The minimum absolute atomic E-state index is 0.272. The van der Waals surface area contributed by atoms with Gasteiger partial charge in [-0.15, -0.1) is 0 Å². The number of cyclic esters (lactones) is 1. The van der Waals surface area contributed by atoms with Crippen LogP contribution >= 0.6 is 11.6 Å². The van der Waals surface area contributed by atoms with Crippen molar-refractivity contribution in [1.29, 1.82) is 0 Å². The Kier molecular flexibility index (Phi) is 7.08. The minimum atomic E-state index is -1.19. The first-order chi connectivity index (χ1) is 16.4. The molecule has 176 valence electrons. The molecule has 1 fully saturated rings. The van der Waals surface area contributed by atoms with Crippen molar-refractivity contribution < 1.29 is 23.8 Å². The highest BCUT2D eigenvalue weighted by molar-refractivity contribution is 6.30. The van der Waals surface area contributed by atoms with Crippen LogP contribution in [-0.4, -0.2) is 17.6 Å². The van der Waals surface area contributed by atoms with E-state index in [0.717, 1.165) is 29.7 Å². The standard InChI is InChI=1S/C27H26ClNO5/c1-3-6-19-16-23(32-21-11-9-20(28)10-12-21)13-14-24(19)33-22-8-5-7-18(15-22)17-27(4-2)25(30)29-26(31)34-27/h5,7-16H,3-4,6,17H2,1-2H3,(H,29,30,31). The zero-order valence-electron chi connectivity index (χ0n) is 19.1. The van der Waals surface area contributed by atoms with Gasteiger partial charge in [-0.25, -0.2) is 4.79 Å². The third-order valence-corrected chi connectivity index (χ3v) is 5.96. The molecule has 0 aliphatic carbocycles. The molecule has 1 unspecified atom stereocenters. The van der Waals surface area contributed by atoms with E-state index in [2.05, 4.69) is 12.2 Å². The SMILES string of the molecule is CCCc1cc(Oc2ccc(Cl)cc2)ccc1Oc1cccc(CC2(CC)OC(=O)NC2=O)c1. The minimum Gasteiger partial charge on any atom is -0.457 e. The number of amides is 2. The fourth-order valence-electron chi connectivity index (χ4n) is 3.93. The molecule has 0 bridgehead atoms. The fourth-order valence-corrected chi connectivity index (χ4v) is 4.05. The van der Waals surface area contributed by atoms with Crippen molar-refractivity contribution in [2.24, 2.45) is 0 Å². The summed E-state index contributed by atoms with van der Waals surface area (Å²) in [5.41, 5.74) is 0.668. The molecule has 1 heterocycles. The number of carbonyl (C=O) groups excluding carboxylic acids is 2. The maximum Gasteiger partial charge on any atom is 0.415 e. The molecule has 1 N–H and O–H groups in total. The second-order valence-electron chi connectivity index (χ2n) is 8.19. The van der Waals surface area contributed by atoms with Gasteiger partial charge < -0.3 is 14.2 Å². The molecule has 3 aromatic carbocycles. The van der Waals surface area contributed by atoms with E-state index in [-0.39, 0.29) is 6.42 Å². The van der Waals surface area contributed by atoms with Crippen LogP contribution in [0.4, 0.5) is 4.79 Å². The van der Waals surface area contributed by atoms with E-state index in [1.807, 2.05) is 61.5 Å². The number of benzene rings is 3. The van der Waals surface area contributed by atoms with Crippen molar-refractivity contribution in [2.75, 3.05) is 0 Å². The second-order valence-corrected chi connectivity index (χ2v) is 8.63. The van der Waals surface area contributed by atoms with Gasteiger partial charge in [0.2, 0.25) is 0 Å². The van der Waals surface area contributed by atoms with E-state index < -0.39 is 17.6 Å². The van der Waals surface area contributed by atoms with Crippen molar-refractivity contribution in [3.63, 3.8) is 0 Å². The Hall–Kier alpha value is -3.51. The Morgan fingerprint density at radius 3 is 2.32 bits per heavy atom. The van der Waals surface area contributed by atoms with Gasteiger partial charge in [-0.05, 0) is 78.6 Å². The van der Waals surface area contributed by atoms with E-state index >= 15 is 0 Å². The summed E-state index contributed by atoms with van der Waals surface area (Å²) in [7, 11) is 0. The summed E-state index contributed by atoms with van der Waals surface area (Å²) < 4.78 is 17.5. The molecule has 0 spiro atoms. The van der Waals surface area contributed by atoms with Gasteiger partial charge in [0, 0.05) is 11.4 Å². The van der Waals surface area contributed by atoms with Gasteiger partial charge in [0.15, 0.2) is 5.60 Å². The molecule has 1 aliphatic heterocycles. The van der Waals surface area contributed by atoms with Gasteiger partial charge in [0.05, 0.1) is 0 Å². The predicted molar refractivity (Wildman–Crippen MR) is 130 cm³/mol. The number of imide groups is 1. The molecular formula is C27H26ClNO5. The van der Waals surface area contributed by atoms with Crippen LogP contribution in [0.25, 0.3) is 0 Å². The van der Waals surface area contributed by atoms with Crippen molar-refractivity contribution >= 4 is 23.6 Å². The number of nitrogens with one attached hydrogen (secondary N) is 1. The molecule has 1 saturated heterocycles. The zero-order chi connectivity index (χ0) is 24.1. The van der Waals surface area contributed by atoms with Crippen molar-refractivity contribution in [3.05, 3.63) is 82.9 Å². The van der Waals surface area contributed by atoms with Crippen LogP contribution in [0.5, 0.6) is 23.0 Å². The van der Waals surface area contributed by atoms with Crippen molar-refractivity contribution in [1.82, 2.24) is 5.32 Å². The zero-order valence-corrected chi connectivity index (χ0v) is 19.9. The number of alkyl carbamates (subject to hydrolysis) is 1. The lowest BCUT2D eigenvalue weighted by molar-refractivity contribution is -0.131. The quantitative estimate of drug-likeness (QED) is 0.364. The summed E-state index contributed by atoms with van der Waals surface area (Å²) in [5, 5.41) is 2.88. The van der Waals surface area contributed by atoms with Crippen molar-refractivity contribution in [3.8, 4) is 23.0 Å². The van der Waals surface area contributed by atoms with Crippen LogP contribution in [0.3, 0.4) is 0 Å². The van der Waals surface area contributed by atoms with Gasteiger partial charge in [-0.2, -0.15) is 0 Å². The van der Waals surface area contributed by atoms with Gasteiger partial charge in [-0.1, -0.05) is 44.0 Å². The lowest BCUT2D eigenvalue weighted by Gasteiger charge is -2.23. The molecule has 2 amide bonds. The lowest BCUT2D eigenvalue weighted by Crippen LogP contribution is -2.40. The van der Waals surface area contributed by atoms with Crippen molar-refractivity contribution in [2.45, 2.75) is 45.1 Å². The first kappa shape index (κ1) is 23.6. The largest absolute Gasteiger partial charge is 0.457 e. The summed E-state index contributed by atoms with van der Waals surface area (Å²) in [5.74, 6) is 2.38. The van der Waals surface area contributed by atoms with E-state index in [0.29, 0.717) is 28.7 Å². The maximum atomic E-state index is 12.3. The summed E-state index contributed by atoms with van der Waals surface area (Å²) >= 11 is 5.95. The van der Waals surface area contributed by atoms with Crippen LogP contribution in [0, 0.1) is 0 Å².